The molecule has 0 N–H and O–H groups in total. The molecule has 0 aromatic carbocycles. The third-order valence-electron chi connectivity index (χ3n) is 2.71. The molecule has 0 saturated heterocycles. The Kier molecular flexibility index (Phi) is 6.90. The highest BCUT2D eigenvalue weighted by Crippen LogP contribution is 2.04. The summed E-state index contributed by atoms with van der Waals surface area (Å²) in [4.78, 5) is 0. The average Bonchev–Trinajstić information content (AvgIpc) is 2.68. The van der Waals surface area contributed by atoms with Crippen molar-refractivity contribution in [2.45, 2.75) is 52.2 Å². The number of aromatic nitrogens is 2. The molecule has 0 bridgehead atoms. The highest BCUT2D eigenvalue weighted by Gasteiger charge is 1.98. The van der Waals surface area contributed by atoms with Crippen LogP contribution in [-0.4, -0.2) is 11.2 Å². The summed E-state index contributed by atoms with van der Waals surface area (Å²) < 4.78 is 9.66. The molecule has 3 heteroatoms. The molecule has 0 unspecified atom stereocenters. The summed E-state index contributed by atoms with van der Waals surface area (Å²) in [6.07, 6.45) is 14.0. The maximum Gasteiger partial charge on any atom is 0.245 e. The first kappa shape index (κ1) is 13.2. The normalized spacial score (nSPS) is 10.9. The van der Waals surface area contributed by atoms with Gasteiger partial charge in [-0.3, -0.25) is 0 Å². The van der Waals surface area contributed by atoms with Gasteiger partial charge in [-0.1, -0.05) is 39.0 Å². The van der Waals surface area contributed by atoms with Crippen LogP contribution in [0.5, 0.6) is 0 Å². The fourth-order valence-electron chi connectivity index (χ4n) is 1.73. The molecule has 0 saturated carbocycles. The molecule has 3 nitrogen and oxygen atoms in total. The summed E-state index contributed by atoms with van der Waals surface area (Å²) in [5.41, 5.74) is 0. The fraction of sp³-hybridized carbons (Fsp3) is 0.769. The highest BCUT2D eigenvalue weighted by molar-refractivity contribution is 4.63. The Morgan fingerprint density at radius 1 is 1.12 bits per heavy atom. The Bertz CT molecular complexity index is 271. The Hall–Kier alpha value is -0.830. The van der Waals surface area contributed by atoms with Crippen LogP contribution < -0.4 is 4.57 Å². The summed E-state index contributed by atoms with van der Waals surface area (Å²) in [6, 6.07) is 0. The van der Waals surface area contributed by atoms with Gasteiger partial charge in [0.25, 0.3) is 0 Å². The molecule has 0 fully saturated rings. The summed E-state index contributed by atoms with van der Waals surface area (Å²) in [5, 5.41) is 0. The van der Waals surface area contributed by atoms with Crippen LogP contribution in [-0.2, 0) is 18.5 Å². The second-order valence-electron chi connectivity index (χ2n) is 4.40. The smallest absolute Gasteiger partial charge is 0.245 e. The van der Waals surface area contributed by atoms with E-state index in [2.05, 4.69) is 11.5 Å². The Morgan fingerprint density at radius 3 is 2.56 bits per heavy atom. The van der Waals surface area contributed by atoms with Crippen molar-refractivity contribution in [3.8, 4) is 0 Å². The molecule has 16 heavy (non-hydrogen) atoms. The van der Waals surface area contributed by atoms with Crippen molar-refractivity contribution in [1.82, 2.24) is 4.57 Å². The molecule has 92 valence electrons. The molecule has 0 aliphatic rings. The average molecular weight is 225 g/mol. The number of rotatable bonds is 9. The van der Waals surface area contributed by atoms with Gasteiger partial charge in [0.1, 0.15) is 12.4 Å². The van der Waals surface area contributed by atoms with E-state index in [0.717, 1.165) is 6.61 Å². The van der Waals surface area contributed by atoms with Crippen LogP contribution in [0.1, 0.15) is 45.4 Å². The second kappa shape index (κ2) is 8.34. The van der Waals surface area contributed by atoms with Gasteiger partial charge in [0.05, 0.1) is 13.7 Å². The second-order valence-corrected chi connectivity index (χ2v) is 4.40. The zero-order valence-corrected chi connectivity index (χ0v) is 10.7. The lowest BCUT2D eigenvalue weighted by molar-refractivity contribution is -0.671. The summed E-state index contributed by atoms with van der Waals surface area (Å²) in [5.74, 6) is 0. The molecule has 1 rings (SSSR count). The first-order valence-electron chi connectivity index (χ1n) is 6.41. The summed E-state index contributed by atoms with van der Waals surface area (Å²) in [6.45, 7) is 3.81. The van der Waals surface area contributed by atoms with Gasteiger partial charge < -0.3 is 4.74 Å². The van der Waals surface area contributed by atoms with Crippen molar-refractivity contribution in [3.63, 3.8) is 0 Å². The molecule has 1 aromatic rings. The van der Waals surface area contributed by atoms with Crippen molar-refractivity contribution in [3.05, 3.63) is 18.7 Å². The van der Waals surface area contributed by atoms with E-state index in [-0.39, 0.29) is 0 Å². The van der Waals surface area contributed by atoms with Crippen molar-refractivity contribution < 1.29 is 9.30 Å². The van der Waals surface area contributed by atoms with Crippen LogP contribution >= 0.6 is 0 Å². The van der Waals surface area contributed by atoms with E-state index < -0.39 is 0 Å². The molecule has 1 heterocycles. The van der Waals surface area contributed by atoms with Crippen LogP contribution in [0.4, 0.5) is 0 Å². The topological polar surface area (TPSA) is 18.0 Å². The molecule has 0 aliphatic heterocycles. The van der Waals surface area contributed by atoms with Gasteiger partial charge in [0, 0.05) is 0 Å². The maximum atomic E-state index is 5.59. The number of hydrogen-bond donors (Lipinski definition) is 0. The first-order chi connectivity index (χ1) is 7.83. The van der Waals surface area contributed by atoms with Crippen molar-refractivity contribution in [2.24, 2.45) is 7.05 Å². The lowest BCUT2D eigenvalue weighted by Crippen LogP contribution is -2.23. The van der Waals surface area contributed by atoms with Gasteiger partial charge in [-0.15, -0.1) is 0 Å². The minimum Gasteiger partial charge on any atom is -0.342 e. The third-order valence-corrected chi connectivity index (χ3v) is 2.71. The van der Waals surface area contributed by atoms with Crippen LogP contribution in [0.2, 0.25) is 0 Å². The van der Waals surface area contributed by atoms with E-state index in [0.29, 0.717) is 6.73 Å². The van der Waals surface area contributed by atoms with Crippen molar-refractivity contribution >= 4 is 0 Å². The van der Waals surface area contributed by atoms with Gasteiger partial charge >= 0.3 is 0 Å². The number of unbranched alkanes of at least 4 members (excludes halogenated alkanes) is 5. The zero-order valence-electron chi connectivity index (χ0n) is 10.7. The Labute approximate surface area is 99.0 Å². The van der Waals surface area contributed by atoms with E-state index in [1.165, 1.54) is 38.5 Å². The molecule has 0 atom stereocenters. The SMILES string of the molecule is CCCCCCCCOCn1cc[n+](C)c1. The van der Waals surface area contributed by atoms with E-state index >= 15 is 0 Å². The number of aryl methyl sites for hydroxylation is 1. The first-order valence-corrected chi connectivity index (χ1v) is 6.41. The van der Waals surface area contributed by atoms with Gasteiger partial charge in [-0.05, 0) is 6.42 Å². The van der Waals surface area contributed by atoms with E-state index in [9.17, 15) is 0 Å². The van der Waals surface area contributed by atoms with Crippen molar-refractivity contribution in [1.29, 1.82) is 0 Å². The monoisotopic (exact) mass is 225 g/mol. The van der Waals surface area contributed by atoms with Crippen LogP contribution in [0.3, 0.4) is 0 Å². The summed E-state index contributed by atoms with van der Waals surface area (Å²) in [7, 11) is 2.02. The minimum absolute atomic E-state index is 0.676. The van der Waals surface area contributed by atoms with Gasteiger partial charge in [0.15, 0.2) is 6.73 Å². The largest absolute Gasteiger partial charge is 0.342 e. The number of ether oxygens (including phenoxy) is 1. The lowest BCUT2D eigenvalue weighted by Gasteiger charge is -2.01. The number of hydrogen-bond acceptors (Lipinski definition) is 1. The van der Waals surface area contributed by atoms with Gasteiger partial charge in [-0.25, -0.2) is 9.13 Å². The van der Waals surface area contributed by atoms with Gasteiger partial charge in [0.2, 0.25) is 6.33 Å². The highest BCUT2D eigenvalue weighted by atomic mass is 16.5. The minimum atomic E-state index is 0.676. The van der Waals surface area contributed by atoms with Crippen LogP contribution in [0, 0.1) is 0 Å². The molecule has 0 radical (unpaired) electrons. The molecule has 0 aliphatic carbocycles. The number of nitrogens with zero attached hydrogens (tertiary/aromatic N) is 2. The lowest BCUT2D eigenvalue weighted by atomic mass is 10.1. The predicted octanol–water partition coefficient (Wildman–Crippen LogP) is 2.65. The van der Waals surface area contributed by atoms with E-state index in [4.69, 9.17) is 4.74 Å². The standard InChI is InChI=1S/C13H25N2O/c1-3-4-5-6-7-8-11-16-13-15-10-9-14(2)12-15/h9-10,12H,3-8,11,13H2,1-2H3/q+1. The quantitative estimate of drug-likeness (QED) is 0.467. The molecular weight excluding hydrogens is 200 g/mol. The molecular formula is C13H25N2O+. The predicted molar refractivity (Wildman–Crippen MR) is 64.9 cm³/mol. The van der Waals surface area contributed by atoms with Crippen molar-refractivity contribution in [2.75, 3.05) is 6.61 Å². The van der Waals surface area contributed by atoms with Crippen LogP contribution in [0.25, 0.3) is 0 Å². The van der Waals surface area contributed by atoms with E-state index in [1.54, 1.807) is 0 Å². The fourth-order valence-corrected chi connectivity index (χ4v) is 1.73. The zero-order chi connectivity index (χ0) is 11.6. The molecule has 0 spiro atoms. The number of imidazole rings is 1. The molecule has 0 amide bonds. The van der Waals surface area contributed by atoms with Crippen LogP contribution in [0.15, 0.2) is 18.7 Å². The third kappa shape index (κ3) is 5.91. The van der Waals surface area contributed by atoms with E-state index in [1.807, 2.05) is 30.3 Å². The summed E-state index contributed by atoms with van der Waals surface area (Å²) >= 11 is 0. The van der Waals surface area contributed by atoms with Gasteiger partial charge in [-0.2, -0.15) is 0 Å². The Balaban J connectivity index is 1.88. The molecule has 1 aromatic heterocycles. The Morgan fingerprint density at radius 2 is 1.88 bits per heavy atom. The maximum absolute atomic E-state index is 5.59.